The van der Waals surface area contributed by atoms with Gasteiger partial charge in [-0.2, -0.15) is 0 Å². The number of hydrogen-bond acceptors (Lipinski definition) is 5. The predicted octanol–water partition coefficient (Wildman–Crippen LogP) is 3.65. The van der Waals surface area contributed by atoms with Crippen molar-refractivity contribution in [2.24, 2.45) is 0 Å². The van der Waals surface area contributed by atoms with Crippen LogP contribution in [0.25, 0.3) is 11.0 Å². The van der Waals surface area contributed by atoms with Gasteiger partial charge in [-0.3, -0.25) is 4.79 Å². The molecular weight excluding hydrogens is 366 g/mol. The summed E-state index contributed by atoms with van der Waals surface area (Å²) in [5.74, 6) is 0.391. The van der Waals surface area contributed by atoms with Gasteiger partial charge in [-0.05, 0) is 42.5 Å². The highest BCUT2D eigenvalue weighted by Gasteiger charge is 2.21. The molecule has 1 N–H and O–H groups in total. The molecule has 1 saturated heterocycles. The minimum Gasteiger partial charge on any atom is -0.497 e. The second kappa shape index (κ2) is 7.50. The van der Waals surface area contributed by atoms with Crippen molar-refractivity contribution in [3.05, 3.63) is 54.3 Å². The molecule has 0 bridgehead atoms. The minimum absolute atomic E-state index is 0.298. The minimum atomic E-state index is -0.298. The average Bonchev–Trinajstić information content (AvgIpc) is 3.21. The maximum atomic E-state index is 12.8. The van der Waals surface area contributed by atoms with Crippen LogP contribution >= 0.6 is 11.8 Å². The Kier molecular flexibility index (Phi) is 4.92. The number of hydrogen-bond donors (Lipinski definition) is 1. The number of ether oxygens (including phenoxy) is 1. The van der Waals surface area contributed by atoms with Gasteiger partial charge in [-0.1, -0.05) is 0 Å². The Morgan fingerprint density at radius 3 is 2.63 bits per heavy atom. The Balaban J connectivity index is 1.68. The molecular formula is C20H20ClN3O3. The second-order valence-electron chi connectivity index (χ2n) is 6.36. The second-order valence-corrected chi connectivity index (χ2v) is 6.69. The van der Waals surface area contributed by atoms with E-state index < -0.39 is 0 Å². The van der Waals surface area contributed by atoms with E-state index in [2.05, 4.69) is 10.2 Å². The van der Waals surface area contributed by atoms with Gasteiger partial charge in [0.1, 0.15) is 5.75 Å². The van der Waals surface area contributed by atoms with Crippen molar-refractivity contribution in [2.45, 2.75) is 0 Å². The van der Waals surface area contributed by atoms with E-state index in [0.29, 0.717) is 17.0 Å². The molecule has 1 amide bonds. The number of anilines is 2. The number of fused-ring (bicyclic) bond motifs is 1. The van der Waals surface area contributed by atoms with Crippen LogP contribution in [0.15, 0.2) is 53.1 Å². The Bertz CT molecular complexity index is 949. The zero-order valence-electron chi connectivity index (χ0n) is 14.9. The first kappa shape index (κ1) is 17.7. The fourth-order valence-corrected chi connectivity index (χ4v) is 3.46. The lowest BCUT2D eigenvalue weighted by molar-refractivity contribution is 0.101. The van der Waals surface area contributed by atoms with E-state index in [1.165, 1.54) is 0 Å². The maximum Gasteiger partial charge on any atom is 0.272 e. The van der Waals surface area contributed by atoms with E-state index in [1.54, 1.807) is 37.6 Å². The van der Waals surface area contributed by atoms with E-state index >= 15 is 0 Å². The van der Waals surface area contributed by atoms with Crippen LogP contribution in [0.5, 0.6) is 5.75 Å². The summed E-state index contributed by atoms with van der Waals surface area (Å²) in [6.45, 7) is 3.55. The summed E-state index contributed by atoms with van der Waals surface area (Å²) >= 11 is 6.43. The van der Waals surface area contributed by atoms with Crippen molar-refractivity contribution in [1.29, 1.82) is 0 Å². The third-order valence-electron chi connectivity index (χ3n) is 4.72. The van der Waals surface area contributed by atoms with Crippen LogP contribution in [0.1, 0.15) is 10.4 Å². The van der Waals surface area contributed by atoms with Gasteiger partial charge in [0.15, 0.2) is 5.58 Å². The van der Waals surface area contributed by atoms with E-state index in [9.17, 15) is 4.79 Å². The summed E-state index contributed by atoms with van der Waals surface area (Å²) in [4.78, 5) is 15.1. The molecule has 2 heterocycles. The molecule has 0 unspecified atom stereocenters. The number of carbonyl (C=O) groups is 1. The number of nitrogens with one attached hydrogen (secondary N) is 1. The molecule has 140 valence electrons. The highest BCUT2D eigenvalue weighted by molar-refractivity contribution is 6.39. The third kappa shape index (κ3) is 3.46. The SMILES string of the molecule is COc1ccc(C(=O)N(Cl)c2cc(N3CCNCC3)c3occc3c2)cc1. The first-order valence-electron chi connectivity index (χ1n) is 8.78. The van der Waals surface area contributed by atoms with Crippen LogP contribution in [0.3, 0.4) is 0 Å². The van der Waals surface area contributed by atoms with Crippen molar-refractivity contribution in [2.75, 3.05) is 42.6 Å². The zero-order valence-corrected chi connectivity index (χ0v) is 15.7. The smallest absolute Gasteiger partial charge is 0.272 e. The topological polar surface area (TPSA) is 58.0 Å². The van der Waals surface area contributed by atoms with Crippen LogP contribution in [0.2, 0.25) is 0 Å². The first-order valence-corrected chi connectivity index (χ1v) is 9.12. The van der Waals surface area contributed by atoms with Crippen molar-refractivity contribution < 1.29 is 13.9 Å². The number of carbonyl (C=O) groups excluding carboxylic acids is 1. The molecule has 3 aromatic rings. The summed E-state index contributed by atoms with van der Waals surface area (Å²) in [5.41, 5.74) is 2.85. The molecule has 4 rings (SSSR count). The van der Waals surface area contributed by atoms with Crippen molar-refractivity contribution in [3.63, 3.8) is 0 Å². The summed E-state index contributed by atoms with van der Waals surface area (Å²) in [6, 6.07) is 12.5. The Morgan fingerprint density at radius 1 is 1.19 bits per heavy atom. The lowest BCUT2D eigenvalue weighted by Gasteiger charge is -2.30. The highest BCUT2D eigenvalue weighted by Crippen LogP contribution is 2.35. The van der Waals surface area contributed by atoms with Gasteiger partial charge in [0.2, 0.25) is 0 Å². The monoisotopic (exact) mass is 385 g/mol. The van der Waals surface area contributed by atoms with Crippen LogP contribution in [-0.4, -0.2) is 39.2 Å². The summed E-state index contributed by atoms with van der Waals surface area (Å²) in [7, 11) is 1.59. The van der Waals surface area contributed by atoms with Gasteiger partial charge in [0.25, 0.3) is 5.91 Å². The van der Waals surface area contributed by atoms with Gasteiger partial charge in [0, 0.05) is 48.9 Å². The number of benzene rings is 2. The predicted molar refractivity (Wildman–Crippen MR) is 107 cm³/mol. The molecule has 0 aliphatic carbocycles. The lowest BCUT2D eigenvalue weighted by atomic mass is 10.1. The van der Waals surface area contributed by atoms with Crippen LogP contribution in [0.4, 0.5) is 11.4 Å². The molecule has 2 aromatic carbocycles. The van der Waals surface area contributed by atoms with E-state index in [0.717, 1.165) is 47.3 Å². The molecule has 0 atom stereocenters. The van der Waals surface area contributed by atoms with Gasteiger partial charge in [-0.15, -0.1) is 0 Å². The van der Waals surface area contributed by atoms with Gasteiger partial charge < -0.3 is 19.4 Å². The summed E-state index contributed by atoms with van der Waals surface area (Å²) in [6.07, 6.45) is 1.66. The van der Waals surface area contributed by atoms with Crippen LogP contribution in [-0.2, 0) is 0 Å². The largest absolute Gasteiger partial charge is 0.497 e. The van der Waals surface area contributed by atoms with Crippen LogP contribution in [0, 0.1) is 0 Å². The van der Waals surface area contributed by atoms with Gasteiger partial charge >= 0.3 is 0 Å². The number of rotatable bonds is 4. The van der Waals surface area contributed by atoms with Crippen LogP contribution < -0.4 is 19.4 Å². The molecule has 6 nitrogen and oxygen atoms in total. The van der Waals surface area contributed by atoms with Gasteiger partial charge in [-0.25, -0.2) is 4.42 Å². The average molecular weight is 386 g/mol. The van der Waals surface area contributed by atoms with Gasteiger partial charge in [0.05, 0.1) is 24.7 Å². The highest BCUT2D eigenvalue weighted by atomic mass is 35.5. The quantitative estimate of drug-likeness (QED) is 0.695. The number of furan rings is 1. The molecule has 1 fully saturated rings. The Hall–Kier alpha value is -2.70. The molecule has 1 aromatic heterocycles. The zero-order chi connectivity index (χ0) is 18.8. The summed E-state index contributed by atoms with van der Waals surface area (Å²) in [5, 5.41) is 4.25. The lowest BCUT2D eigenvalue weighted by Crippen LogP contribution is -2.43. The molecule has 27 heavy (non-hydrogen) atoms. The molecule has 1 aliphatic heterocycles. The fourth-order valence-electron chi connectivity index (χ4n) is 3.27. The Labute approximate surface area is 162 Å². The number of methoxy groups -OCH3 is 1. The van der Waals surface area contributed by atoms with E-state index in [4.69, 9.17) is 20.9 Å². The van der Waals surface area contributed by atoms with Crippen molar-refractivity contribution in [3.8, 4) is 5.75 Å². The summed E-state index contributed by atoms with van der Waals surface area (Å²) < 4.78 is 12.0. The molecule has 0 radical (unpaired) electrons. The third-order valence-corrected chi connectivity index (χ3v) is 5.06. The van der Waals surface area contributed by atoms with Crippen molar-refractivity contribution >= 4 is 40.0 Å². The molecule has 1 aliphatic rings. The van der Waals surface area contributed by atoms with Crippen molar-refractivity contribution in [1.82, 2.24) is 5.32 Å². The fraction of sp³-hybridized carbons (Fsp3) is 0.250. The number of nitrogens with zero attached hydrogens (tertiary/aromatic N) is 2. The maximum absolute atomic E-state index is 12.8. The number of halogens is 1. The molecule has 7 heteroatoms. The molecule has 0 saturated carbocycles. The van der Waals surface area contributed by atoms with E-state index in [1.807, 2.05) is 18.2 Å². The number of amides is 1. The van der Waals surface area contributed by atoms with E-state index in [-0.39, 0.29) is 5.91 Å². The number of piperazine rings is 1. The Morgan fingerprint density at radius 2 is 1.93 bits per heavy atom. The first-order chi connectivity index (χ1) is 13.2. The standard InChI is InChI=1S/C20H20ClN3O3/c1-26-17-4-2-14(3-5-17)20(25)24(21)16-12-15-6-11-27-19(15)18(13-16)23-9-7-22-8-10-23/h2-6,11-13,22H,7-10H2,1H3. The molecule has 0 spiro atoms. The normalized spacial score (nSPS) is 14.4.